The fourth-order valence-corrected chi connectivity index (χ4v) is 15.6. The van der Waals surface area contributed by atoms with Crippen LogP contribution in [0.1, 0.15) is 22.3 Å². The van der Waals surface area contributed by atoms with Crippen LogP contribution in [0.5, 0.6) is 11.5 Å². The third-order valence-corrected chi connectivity index (χ3v) is 18.0. The molecule has 3 heterocycles. The van der Waals surface area contributed by atoms with E-state index in [1.54, 1.807) is 0 Å². The molecule has 2 nitrogen and oxygen atoms in total. The van der Waals surface area contributed by atoms with Gasteiger partial charge in [0.25, 0.3) is 0 Å². The van der Waals surface area contributed by atoms with Crippen LogP contribution in [-0.4, -0.2) is 8.80 Å². The lowest BCUT2D eigenvalue weighted by Gasteiger charge is -2.47. The molecule has 0 saturated carbocycles. The summed E-state index contributed by atoms with van der Waals surface area (Å²) in [5, 5.41) is 9.35. The molecule has 1 atom stereocenters. The number of anilines is 3. The first-order chi connectivity index (χ1) is 31.3. The van der Waals surface area contributed by atoms with E-state index in [2.05, 4.69) is 235 Å². The van der Waals surface area contributed by atoms with Crippen molar-refractivity contribution in [1.82, 2.24) is 0 Å². The smallest absolute Gasteiger partial charge is 0.133 e. The van der Waals surface area contributed by atoms with Crippen molar-refractivity contribution in [3.05, 3.63) is 253 Å². The zero-order valence-electron chi connectivity index (χ0n) is 34.3. The van der Waals surface area contributed by atoms with Crippen molar-refractivity contribution in [2.75, 3.05) is 4.90 Å². The number of hydrogen-bond acceptors (Lipinski definition) is 3. The summed E-state index contributed by atoms with van der Waals surface area (Å²) in [6, 6.07) is 85.5. The van der Waals surface area contributed by atoms with Gasteiger partial charge in [-0.05, 0) is 91.9 Å². The molecule has 1 aromatic heterocycles. The first-order valence-electron chi connectivity index (χ1n) is 21.7. The quantitative estimate of drug-likeness (QED) is 0.160. The lowest BCUT2D eigenvalue weighted by Crippen LogP contribution is -2.62. The van der Waals surface area contributed by atoms with E-state index in [1.165, 1.54) is 85.6 Å². The summed E-state index contributed by atoms with van der Waals surface area (Å²) in [7, 11) is -2.07. The average Bonchev–Trinajstić information content (AvgIpc) is 3.74. The Kier molecular flexibility index (Phi) is 8.20. The van der Waals surface area contributed by atoms with E-state index in [1.807, 2.05) is 11.3 Å². The summed E-state index contributed by atoms with van der Waals surface area (Å²) >= 11 is 1.88. The summed E-state index contributed by atoms with van der Waals surface area (Å²) in [6.45, 7) is 0. The number of para-hydroxylation sites is 2. The Balaban J connectivity index is 1.09. The first-order valence-corrected chi connectivity index (χ1v) is 24.2. The van der Waals surface area contributed by atoms with Crippen LogP contribution in [-0.2, 0) is 5.41 Å². The molecule has 1 spiro atoms. The average molecular weight is 838 g/mol. The summed E-state index contributed by atoms with van der Waals surface area (Å²) in [5.41, 5.74) is 10.4. The Morgan fingerprint density at radius 3 is 1.84 bits per heavy atom. The molecule has 0 bridgehead atoms. The van der Waals surface area contributed by atoms with Crippen molar-refractivity contribution in [1.29, 1.82) is 0 Å². The molecule has 63 heavy (non-hydrogen) atoms. The van der Waals surface area contributed by atoms with Gasteiger partial charge in [0.1, 0.15) is 20.3 Å². The van der Waals surface area contributed by atoms with Crippen molar-refractivity contribution in [3.63, 3.8) is 0 Å². The van der Waals surface area contributed by atoms with Crippen LogP contribution in [0.4, 0.5) is 17.1 Å². The molecule has 296 valence electrons. The highest BCUT2D eigenvalue weighted by Gasteiger charge is 2.51. The van der Waals surface area contributed by atoms with Gasteiger partial charge in [-0.3, -0.25) is 0 Å². The summed E-state index contributed by atoms with van der Waals surface area (Å²) in [6.07, 6.45) is 0. The van der Waals surface area contributed by atoms with E-state index >= 15 is 0 Å². The maximum absolute atomic E-state index is 6.76. The second-order valence-corrected chi connectivity index (χ2v) is 20.5. The van der Waals surface area contributed by atoms with Gasteiger partial charge in [-0.25, -0.2) is 0 Å². The van der Waals surface area contributed by atoms with Crippen LogP contribution in [0.2, 0.25) is 0 Å². The lowest BCUT2D eigenvalue weighted by molar-refractivity contribution is 0.435. The highest BCUT2D eigenvalue weighted by molar-refractivity contribution is 7.26. The highest BCUT2D eigenvalue weighted by atomic mass is 32.1. The minimum Gasteiger partial charge on any atom is -0.457 e. The van der Waals surface area contributed by atoms with E-state index in [0.29, 0.717) is 0 Å². The van der Waals surface area contributed by atoms with Gasteiger partial charge in [0.15, 0.2) is 0 Å². The van der Waals surface area contributed by atoms with Gasteiger partial charge < -0.3 is 9.64 Å². The van der Waals surface area contributed by atoms with Crippen LogP contribution in [0.3, 0.4) is 0 Å². The van der Waals surface area contributed by atoms with Gasteiger partial charge in [-0.15, -0.1) is 11.3 Å². The van der Waals surface area contributed by atoms with Crippen LogP contribution in [0.25, 0.3) is 42.1 Å². The van der Waals surface area contributed by atoms with Crippen LogP contribution < -0.4 is 25.2 Å². The lowest BCUT2D eigenvalue weighted by atomic mass is 9.63. The van der Waals surface area contributed by atoms with E-state index in [-0.39, 0.29) is 0 Å². The van der Waals surface area contributed by atoms with E-state index in [0.717, 1.165) is 22.9 Å². The van der Waals surface area contributed by atoms with Crippen molar-refractivity contribution < 1.29 is 4.74 Å². The molecule has 0 amide bonds. The number of hydrogen-bond donors (Lipinski definition) is 0. The number of fused-ring (bicyclic) bond motifs is 12. The van der Waals surface area contributed by atoms with Crippen molar-refractivity contribution in [2.45, 2.75) is 5.41 Å². The molecule has 4 heteroatoms. The molecular weight excluding hydrogens is 799 g/mol. The molecule has 1 unspecified atom stereocenters. The van der Waals surface area contributed by atoms with Crippen molar-refractivity contribution in [3.8, 4) is 22.6 Å². The number of thiophene rings is 1. The number of benzene rings is 10. The Labute approximate surface area is 372 Å². The molecule has 0 fully saturated rings. The van der Waals surface area contributed by atoms with Crippen LogP contribution >= 0.6 is 11.3 Å². The third-order valence-electron chi connectivity index (χ3n) is 13.5. The molecule has 10 aromatic carbocycles. The predicted molar refractivity (Wildman–Crippen MR) is 268 cm³/mol. The fraction of sp³-hybridized carbons (Fsp3) is 0.0169. The zero-order valence-corrected chi connectivity index (χ0v) is 36.3. The van der Waals surface area contributed by atoms with E-state index in [9.17, 15) is 0 Å². The maximum Gasteiger partial charge on any atom is 0.133 e. The minimum atomic E-state index is -2.07. The van der Waals surface area contributed by atoms with Crippen LogP contribution in [0.15, 0.2) is 231 Å². The normalized spacial score (nSPS) is 14.4. The van der Waals surface area contributed by atoms with Crippen molar-refractivity contribution >= 4 is 83.7 Å². The fourth-order valence-electron chi connectivity index (χ4n) is 10.9. The van der Waals surface area contributed by atoms with E-state index < -0.39 is 14.2 Å². The number of rotatable bonds is 5. The summed E-state index contributed by atoms with van der Waals surface area (Å²) in [5.74, 6) is 1.82. The SMILES string of the molecule is c1ccc([SiH]2c3ccccc3C3(c4ccccc4Oc4ccccc43)c3ccc(N(c4ccc(-c5cccc6ccccc56)cc4)c4cccc5c4sc4ccccc45)cc32)cc1. The summed E-state index contributed by atoms with van der Waals surface area (Å²) < 4.78 is 9.33. The Morgan fingerprint density at radius 2 is 1.03 bits per heavy atom. The standard InChI is InChI=1S/C59H39NOSSi/c1-2-18-43(19-3-1)63-56-31-13-9-26-50(56)59(48-24-7-10-28-53(48)61-54-29-11-8-25-49(54)59)51-37-36-42(38-57(51)63)60(52-27-15-23-47-46-21-6-12-30-55(46)62-58(47)52)41-34-32-40(33-35-41)45-22-14-17-39-16-4-5-20-44(39)45/h1-38,63H. The van der Waals surface area contributed by atoms with Crippen molar-refractivity contribution in [2.24, 2.45) is 0 Å². The Bertz CT molecular complexity index is 3520. The maximum atomic E-state index is 6.76. The molecular formula is C59H39NOSSi. The predicted octanol–water partition coefficient (Wildman–Crippen LogP) is 13.4. The molecule has 0 radical (unpaired) electrons. The molecule has 0 N–H and O–H groups in total. The monoisotopic (exact) mass is 837 g/mol. The van der Waals surface area contributed by atoms with E-state index in [4.69, 9.17) is 4.74 Å². The minimum absolute atomic E-state index is 0.579. The molecule has 11 aromatic rings. The Hall–Kier alpha value is -7.50. The van der Waals surface area contributed by atoms with Gasteiger partial charge in [-0.1, -0.05) is 187 Å². The van der Waals surface area contributed by atoms with Gasteiger partial charge in [0, 0.05) is 38.0 Å². The van der Waals surface area contributed by atoms with Gasteiger partial charge in [0.2, 0.25) is 0 Å². The van der Waals surface area contributed by atoms with Gasteiger partial charge >= 0.3 is 0 Å². The summed E-state index contributed by atoms with van der Waals surface area (Å²) in [4.78, 5) is 2.51. The molecule has 0 aliphatic carbocycles. The van der Waals surface area contributed by atoms with Crippen LogP contribution in [0, 0.1) is 0 Å². The number of nitrogens with zero attached hydrogens (tertiary/aromatic N) is 1. The Morgan fingerprint density at radius 1 is 0.429 bits per heavy atom. The second-order valence-electron chi connectivity index (χ2n) is 16.7. The second kappa shape index (κ2) is 14.3. The zero-order chi connectivity index (χ0) is 41.5. The van der Waals surface area contributed by atoms with Gasteiger partial charge in [-0.2, -0.15) is 0 Å². The number of ether oxygens (including phenoxy) is 1. The molecule has 13 rings (SSSR count). The molecule has 0 saturated heterocycles. The first kappa shape index (κ1) is 36.2. The molecule has 2 aliphatic rings. The van der Waals surface area contributed by atoms with Gasteiger partial charge in [0.05, 0.1) is 15.8 Å². The topological polar surface area (TPSA) is 12.5 Å². The highest BCUT2D eigenvalue weighted by Crippen LogP contribution is 2.56. The largest absolute Gasteiger partial charge is 0.457 e. The molecule has 2 aliphatic heterocycles. The third kappa shape index (κ3) is 5.42.